The molecule has 0 radical (unpaired) electrons. The average molecular weight is 313 g/mol. The van der Waals surface area contributed by atoms with E-state index in [9.17, 15) is 10.1 Å². The summed E-state index contributed by atoms with van der Waals surface area (Å²) >= 11 is 22.8. The maximum absolute atomic E-state index is 10.9. The molecule has 0 amide bonds. The third kappa shape index (κ3) is 2.11. The van der Waals surface area contributed by atoms with Crippen molar-refractivity contribution >= 4 is 63.1 Å². The quantitative estimate of drug-likeness (QED) is 0.586. The van der Waals surface area contributed by atoms with E-state index in [0.29, 0.717) is 0 Å². The molecule has 0 atom stereocenters. The summed E-state index contributed by atoms with van der Waals surface area (Å²) in [5.74, 6) is 0. The highest BCUT2D eigenvalue weighted by Gasteiger charge is 2.23. The second-order valence-corrected chi connectivity index (χ2v) is 4.45. The molecule has 0 bridgehead atoms. The van der Waals surface area contributed by atoms with Crippen molar-refractivity contribution in [2.24, 2.45) is 0 Å². The smallest absolute Gasteiger partial charge is 0.258 e. The maximum Gasteiger partial charge on any atom is 0.317 e. The Bertz CT molecular complexity index is 641. The van der Waals surface area contributed by atoms with Crippen LogP contribution < -0.4 is 0 Å². The first-order valence-corrected chi connectivity index (χ1v) is 5.58. The molecule has 0 aliphatic rings. The standard InChI is InChI=1S/C8HCl4N3O2/c9-2-1-3-5(6(4(2)10)15(16)17)14-8(12)7(11)13-3/h1H. The fourth-order valence-corrected chi connectivity index (χ4v) is 1.91. The first kappa shape index (κ1) is 12.6. The van der Waals surface area contributed by atoms with E-state index in [1.165, 1.54) is 6.07 Å². The average Bonchev–Trinajstić information content (AvgIpc) is 2.23. The fraction of sp³-hybridized carbons (Fsp3) is 0. The van der Waals surface area contributed by atoms with E-state index < -0.39 is 10.6 Å². The lowest BCUT2D eigenvalue weighted by molar-refractivity contribution is -0.383. The van der Waals surface area contributed by atoms with Gasteiger partial charge in [0, 0.05) is 0 Å². The third-order valence-electron chi connectivity index (χ3n) is 1.93. The van der Waals surface area contributed by atoms with Crippen LogP contribution in [0.5, 0.6) is 0 Å². The lowest BCUT2D eigenvalue weighted by atomic mass is 10.2. The van der Waals surface area contributed by atoms with Crippen molar-refractivity contribution in [3.05, 3.63) is 36.5 Å². The summed E-state index contributed by atoms with van der Waals surface area (Å²) in [4.78, 5) is 17.8. The van der Waals surface area contributed by atoms with Gasteiger partial charge < -0.3 is 0 Å². The number of rotatable bonds is 1. The van der Waals surface area contributed by atoms with Gasteiger partial charge in [0.05, 0.1) is 15.5 Å². The molecule has 0 fully saturated rings. The van der Waals surface area contributed by atoms with Crippen molar-refractivity contribution < 1.29 is 4.92 Å². The van der Waals surface area contributed by atoms with Gasteiger partial charge in [-0.05, 0) is 6.07 Å². The highest BCUT2D eigenvalue weighted by molar-refractivity contribution is 6.45. The number of halogens is 4. The molecule has 1 heterocycles. The molecule has 0 saturated heterocycles. The van der Waals surface area contributed by atoms with E-state index in [-0.39, 0.29) is 31.4 Å². The normalized spacial score (nSPS) is 10.8. The molecule has 88 valence electrons. The van der Waals surface area contributed by atoms with Crippen molar-refractivity contribution in [1.82, 2.24) is 9.97 Å². The lowest BCUT2D eigenvalue weighted by Gasteiger charge is -2.03. The second kappa shape index (κ2) is 4.42. The van der Waals surface area contributed by atoms with Crippen LogP contribution in [0.25, 0.3) is 11.0 Å². The van der Waals surface area contributed by atoms with Crippen molar-refractivity contribution in [2.45, 2.75) is 0 Å². The predicted octanol–water partition coefficient (Wildman–Crippen LogP) is 4.15. The van der Waals surface area contributed by atoms with E-state index >= 15 is 0 Å². The zero-order chi connectivity index (χ0) is 12.7. The maximum atomic E-state index is 10.9. The van der Waals surface area contributed by atoms with Gasteiger partial charge in [-0.3, -0.25) is 10.1 Å². The number of fused-ring (bicyclic) bond motifs is 1. The molecular weight excluding hydrogens is 312 g/mol. The van der Waals surface area contributed by atoms with Crippen LogP contribution in [0.4, 0.5) is 5.69 Å². The van der Waals surface area contributed by atoms with Crippen LogP contribution in [0.15, 0.2) is 6.07 Å². The molecule has 0 spiro atoms. The fourth-order valence-electron chi connectivity index (χ4n) is 1.25. The number of nitro groups is 1. The molecule has 17 heavy (non-hydrogen) atoms. The Kier molecular flexibility index (Phi) is 3.27. The van der Waals surface area contributed by atoms with Gasteiger partial charge in [0.1, 0.15) is 5.02 Å². The van der Waals surface area contributed by atoms with E-state index in [0.717, 1.165) is 0 Å². The molecule has 1 aromatic heterocycles. The number of benzene rings is 1. The highest BCUT2D eigenvalue weighted by atomic mass is 35.5. The molecule has 0 aliphatic heterocycles. The largest absolute Gasteiger partial charge is 0.317 e. The second-order valence-electron chi connectivity index (χ2n) is 2.95. The summed E-state index contributed by atoms with van der Waals surface area (Å²) in [7, 11) is 0. The molecule has 2 aromatic rings. The number of hydrogen-bond acceptors (Lipinski definition) is 4. The highest BCUT2D eigenvalue weighted by Crippen LogP contribution is 2.38. The molecular formula is C8HCl4N3O2. The van der Waals surface area contributed by atoms with Gasteiger partial charge in [-0.1, -0.05) is 46.4 Å². The minimum atomic E-state index is -0.699. The van der Waals surface area contributed by atoms with E-state index in [2.05, 4.69) is 9.97 Å². The first-order chi connectivity index (χ1) is 7.91. The van der Waals surface area contributed by atoms with Crippen LogP contribution in [0.3, 0.4) is 0 Å². The number of hydrogen-bond donors (Lipinski definition) is 0. The molecule has 9 heteroatoms. The van der Waals surface area contributed by atoms with Crippen LogP contribution in [-0.4, -0.2) is 14.9 Å². The van der Waals surface area contributed by atoms with Gasteiger partial charge in [-0.15, -0.1) is 0 Å². The molecule has 0 unspecified atom stereocenters. The predicted molar refractivity (Wildman–Crippen MR) is 66.2 cm³/mol. The van der Waals surface area contributed by atoms with Gasteiger partial charge in [-0.25, -0.2) is 9.97 Å². The zero-order valence-electron chi connectivity index (χ0n) is 7.75. The Balaban J connectivity index is 2.98. The minimum Gasteiger partial charge on any atom is -0.258 e. The Labute approximate surface area is 114 Å². The first-order valence-electron chi connectivity index (χ1n) is 4.07. The van der Waals surface area contributed by atoms with Crippen LogP contribution >= 0.6 is 46.4 Å². The Morgan fingerprint density at radius 2 is 1.71 bits per heavy atom. The van der Waals surface area contributed by atoms with Gasteiger partial charge in [0.15, 0.2) is 15.8 Å². The molecule has 2 rings (SSSR count). The van der Waals surface area contributed by atoms with Gasteiger partial charge in [-0.2, -0.15) is 0 Å². The van der Waals surface area contributed by atoms with Crippen molar-refractivity contribution in [1.29, 1.82) is 0 Å². The van der Waals surface area contributed by atoms with E-state index in [4.69, 9.17) is 46.4 Å². The molecule has 0 aliphatic carbocycles. The Morgan fingerprint density at radius 3 is 2.29 bits per heavy atom. The van der Waals surface area contributed by atoms with E-state index in [1.807, 2.05) is 0 Å². The monoisotopic (exact) mass is 311 g/mol. The van der Waals surface area contributed by atoms with E-state index in [1.54, 1.807) is 0 Å². The van der Waals surface area contributed by atoms with Crippen molar-refractivity contribution in [3.63, 3.8) is 0 Å². The SMILES string of the molecule is O=[N+]([O-])c1c(Cl)c(Cl)cc2nc(Cl)c(Cl)nc12. The zero-order valence-corrected chi connectivity index (χ0v) is 10.8. The third-order valence-corrected chi connectivity index (χ3v) is 3.33. The summed E-state index contributed by atoms with van der Waals surface area (Å²) in [6.07, 6.45) is 0. The summed E-state index contributed by atoms with van der Waals surface area (Å²) in [5, 5.41) is 10.5. The van der Waals surface area contributed by atoms with Crippen LogP contribution in [0, 0.1) is 10.1 Å². The molecule has 1 aromatic carbocycles. The minimum absolute atomic E-state index is 0.00134. The van der Waals surface area contributed by atoms with Crippen molar-refractivity contribution in [2.75, 3.05) is 0 Å². The molecule has 5 nitrogen and oxygen atoms in total. The lowest BCUT2D eigenvalue weighted by Crippen LogP contribution is -1.96. The van der Waals surface area contributed by atoms with Gasteiger partial charge in [0.25, 0.3) is 0 Å². The number of aromatic nitrogens is 2. The topological polar surface area (TPSA) is 68.9 Å². The molecule has 0 N–H and O–H groups in total. The molecule has 0 saturated carbocycles. The summed E-state index contributed by atoms with van der Waals surface area (Å²) in [6, 6.07) is 1.33. The summed E-state index contributed by atoms with van der Waals surface area (Å²) in [5.41, 5.74) is -0.348. The Morgan fingerprint density at radius 1 is 1.12 bits per heavy atom. The summed E-state index contributed by atoms with van der Waals surface area (Å²) < 4.78 is 0. The van der Waals surface area contributed by atoms with Crippen LogP contribution in [0.1, 0.15) is 0 Å². The van der Waals surface area contributed by atoms with Gasteiger partial charge >= 0.3 is 5.69 Å². The Hall–Kier alpha value is -0.880. The number of nitro benzene ring substituents is 1. The number of nitrogens with zero attached hydrogens (tertiary/aromatic N) is 3. The van der Waals surface area contributed by atoms with Crippen LogP contribution in [-0.2, 0) is 0 Å². The van der Waals surface area contributed by atoms with Crippen LogP contribution in [0.2, 0.25) is 20.4 Å². The van der Waals surface area contributed by atoms with Crippen molar-refractivity contribution in [3.8, 4) is 0 Å². The van der Waals surface area contributed by atoms with Gasteiger partial charge in [0.2, 0.25) is 0 Å². The summed E-state index contributed by atoms with van der Waals surface area (Å²) in [6.45, 7) is 0.